The van der Waals surface area contributed by atoms with Crippen LogP contribution in [0.2, 0.25) is 12.1 Å². The molecule has 0 bridgehead atoms. The van der Waals surface area contributed by atoms with E-state index in [9.17, 15) is 4.80 Å². The highest BCUT2D eigenvalue weighted by molar-refractivity contribution is 6.50. The van der Waals surface area contributed by atoms with Gasteiger partial charge in [-0.2, -0.15) is 0 Å². The Hall–Kier alpha value is -1.38. The van der Waals surface area contributed by atoms with Crippen LogP contribution in [-0.2, 0) is 0 Å². The quantitative estimate of drug-likeness (QED) is 0.758. The Balaban J connectivity index is 2.05. The highest BCUT2D eigenvalue weighted by atomic mass is 28.3. The molecular weight excluding hydrogens is 248 g/mol. The van der Waals surface area contributed by atoms with Crippen molar-refractivity contribution in [2.24, 2.45) is 0 Å². The number of allylic oxidation sites excluding steroid dienone is 1. The lowest BCUT2D eigenvalue weighted by Crippen LogP contribution is -2.08. The molecule has 0 heterocycles. The Labute approximate surface area is 117 Å². The van der Waals surface area contributed by atoms with E-state index in [-0.39, 0.29) is 0 Å². The van der Waals surface area contributed by atoms with Gasteiger partial charge in [0.1, 0.15) is 0 Å². The van der Waals surface area contributed by atoms with Crippen LogP contribution < -0.4 is 0 Å². The molecule has 0 atom stereocenters. The van der Waals surface area contributed by atoms with E-state index in [0.717, 1.165) is 18.5 Å². The maximum absolute atomic E-state index is 9.92. The first kappa shape index (κ1) is 14.0. The zero-order valence-electron chi connectivity index (χ0n) is 11.5. The number of rotatable bonds is 6. The third kappa shape index (κ3) is 4.05. The minimum absolute atomic E-state index is 0.841. The van der Waals surface area contributed by atoms with Gasteiger partial charge in [-0.25, -0.2) is 0 Å². The molecule has 2 aromatic rings. The highest BCUT2D eigenvalue weighted by Gasteiger charge is 2.04. The first-order valence-electron chi connectivity index (χ1n) is 6.99. The molecule has 1 N–H and O–H groups in total. The standard InChI is InChI=1S/C17H21OSi/c1-2-3-13-19(18)14-7-11-16-10-6-9-15-8-4-5-12-17(15)16/h4-12,18H,2-3,13-14H2,1H3. The summed E-state index contributed by atoms with van der Waals surface area (Å²) in [6.45, 7) is 2.17. The molecule has 0 saturated carbocycles. The highest BCUT2D eigenvalue weighted by Crippen LogP contribution is 2.20. The van der Waals surface area contributed by atoms with Crippen LogP contribution in [0.25, 0.3) is 16.8 Å². The molecule has 2 rings (SSSR count). The van der Waals surface area contributed by atoms with Crippen molar-refractivity contribution in [3.05, 3.63) is 54.1 Å². The van der Waals surface area contributed by atoms with Gasteiger partial charge in [-0.15, -0.1) is 0 Å². The molecule has 0 amide bonds. The van der Waals surface area contributed by atoms with Gasteiger partial charge in [0, 0.05) is 0 Å². The smallest absolute Gasteiger partial charge is 0.210 e. The summed E-state index contributed by atoms with van der Waals surface area (Å²) in [4.78, 5) is 9.92. The molecule has 99 valence electrons. The van der Waals surface area contributed by atoms with E-state index in [1.165, 1.54) is 22.8 Å². The van der Waals surface area contributed by atoms with Crippen LogP contribution in [0, 0.1) is 0 Å². The molecule has 19 heavy (non-hydrogen) atoms. The van der Waals surface area contributed by atoms with Crippen LogP contribution in [0.1, 0.15) is 25.3 Å². The van der Waals surface area contributed by atoms with Crippen LogP contribution in [0.15, 0.2) is 48.5 Å². The Morgan fingerprint density at radius 3 is 2.74 bits per heavy atom. The van der Waals surface area contributed by atoms with Gasteiger partial charge in [0.2, 0.25) is 9.04 Å². The lowest BCUT2D eigenvalue weighted by molar-refractivity contribution is 0.566. The van der Waals surface area contributed by atoms with Crippen molar-refractivity contribution in [3.8, 4) is 0 Å². The summed E-state index contributed by atoms with van der Waals surface area (Å²) in [7, 11) is -1.16. The van der Waals surface area contributed by atoms with Gasteiger partial charge in [-0.05, 0) is 28.4 Å². The molecular formula is C17H21OSi. The molecule has 2 aromatic carbocycles. The van der Waals surface area contributed by atoms with Gasteiger partial charge in [0.05, 0.1) is 0 Å². The second-order valence-corrected chi connectivity index (χ2v) is 6.89. The third-order valence-electron chi connectivity index (χ3n) is 3.29. The lowest BCUT2D eigenvalue weighted by Gasteiger charge is -2.04. The zero-order valence-corrected chi connectivity index (χ0v) is 12.5. The summed E-state index contributed by atoms with van der Waals surface area (Å²) in [6, 6.07) is 16.6. The SMILES string of the molecule is CCCC[Si](O)CC=Cc1cccc2ccccc12. The maximum atomic E-state index is 9.92. The van der Waals surface area contributed by atoms with Crippen LogP contribution in [0.4, 0.5) is 0 Å². The van der Waals surface area contributed by atoms with E-state index >= 15 is 0 Å². The average molecular weight is 269 g/mol. The molecule has 2 heteroatoms. The number of hydrogen-bond donors (Lipinski definition) is 1. The summed E-state index contributed by atoms with van der Waals surface area (Å²) in [5.74, 6) is 0. The number of fused-ring (bicyclic) bond motifs is 1. The monoisotopic (exact) mass is 269 g/mol. The van der Waals surface area contributed by atoms with E-state index < -0.39 is 9.04 Å². The van der Waals surface area contributed by atoms with E-state index in [2.05, 4.69) is 61.5 Å². The van der Waals surface area contributed by atoms with Crippen LogP contribution in [0.3, 0.4) is 0 Å². The third-order valence-corrected chi connectivity index (χ3v) is 4.93. The molecule has 0 aliphatic rings. The fourth-order valence-electron chi connectivity index (χ4n) is 2.20. The van der Waals surface area contributed by atoms with Gasteiger partial charge < -0.3 is 4.80 Å². The maximum Gasteiger partial charge on any atom is 0.210 e. The molecule has 0 fully saturated rings. The molecule has 1 nitrogen and oxygen atoms in total. The van der Waals surface area contributed by atoms with E-state index in [1.54, 1.807) is 0 Å². The molecule has 0 aliphatic carbocycles. The van der Waals surface area contributed by atoms with Crippen LogP contribution in [-0.4, -0.2) is 13.8 Å². The first-order chi connectivity index (χ1) is 9.31. The van der Waals surface area contributed by atoms with Crippen molar-refractivity contribution in [3.63, 3.8) is 0 Å². The molecule has 0 unspecified atom stereocenters. The Morgan fingerprint density at radius 1 is 1.11 bits per heavy atom. The minimum atomic E-state index is -1.16. The second-order valence-electron chi connectivity index (χ2n) is 4.84. The molecule has 1 radical (unpaired) electrons. The van der Waals surface area contributed by atoms with Gasteiger partial charge in [-0.3, -0.25) is 0 Å². The van der Waals surface area contributed by atoms with Crippen LogP contribution >= 0.6 is 0 Å². The largest absolute Gasteiger partial charge is 0.431 e. The van der Waals surface area contributed by atoms with Crippen molar-refractivity contribution in [1.29, 1.82) is 0 Å². The van der Waals surface area contributed by atoms with Gasteiger partial charge in [0.15, 0.2) is 0 Å². The second kappa shape index (κ2) is 7.27. The Kier molecular flexibility index (Phi) is 5.37. The number of hydrogen-bond acceptors (Lipinski definition) is 1. The van der Waals surface area contributed by atoms with Gasteiger partial charge in [-0.1, -0.05) is 74.4 Å². The summed E-state index contributed by atoms with van der Waals surface area (Å²) in [6.07, 6.45) is 6.59. The zero-order chi connectivity index (χ0) is 13.5. The normalized spacial score (nSPS) is 11.7. The Morgan fingerprint density at radius 2 is 1.89 bits per heavy atom. The summed E-state index contributed by atoms with van der Waals surface area (Å²) >= 11 is 0. The minimum Gasteiger partial charge on any atom is -0.431 e. The van der Waals surface area contributed by atoms with Crippen molar-refractivity contribution < 1.29 is 4.80 Å². The van der Waals surface area contributed by atoms with E-state index in [4.69, 9.17) is 0 Å². The fourth-order valence-corrected chi connectivity index (χ4v) is 3.56. The van der Waals surface area contributed by atoms with E-state index in [0.29, 0.717) is 0 Å². The summed E-state index contributed by atoms with van der Waals surface area (Å²) < 4.78 is 0. The predicted octanol–water partition coefficient (Wildman–Crippen LogP) is 4.64. The summed E-state index contributed by atoms with van der Waals surface area (Å²) in [5, 5.41) is 2.55. The molecule has 0 spiro atoms. The molecule has 0 aromatic heterocycles. The van der Waals surface area contributed by atoms with Crippen molar-refractivity contribution in [2.45, 2.75) is 31.9 Å². The van der Waals surface area contributed by atoms with Crippen molar-refractivity contribution >= 4 is 25.9 Å². The van der Waals surface area contributed by atoms with Crippen LogP contribution in [0.5, 0.6) is 0 Å². The average Bonchev–Trinajstić information content (AvgIpc) is 2.45. The fraction of sp³-hybridized carbons (Fsp3) is 0.294. The molecule has 0 aliphatic heterocycles. The van der Waals surface area contributed by atoms with Crippen molar-refractivity contribution in [1.82, 2.24) is 0 Å². The lowest BCUT2D eigenvalue weighted by atomic mass is 10.0. The van der Waals surface area contributed by atoms with Gasteiger partial charge >= 0.3 is 0 Å². The van der Waals surface area contributed by atoms with Gasteiger partial charge in [0.25, 0.3) is 0 Å². The topological polar surface area (TPSA) is 20.2 Å². The first-order valence-corrected chi connectivity index (χ1v) is 8.85. The molecule has 0 saturated heterocycles. The Bertz CT molecular complexity index is 542. The number of benzene rings is 2. The summed E-state index contributed by atoms with van der Waals surface area (Å²) in [5.41, 5.74) is 1.24. The van der Waals surface area contributed by atoms with E-state index in [1.807, 2.05) is 0 Å². The van der Waals surface area contributed by atoms with Crippen molar-refractivity contribution in [2.75, 3.05) is 0 Å². The number of unbranched alkanes of at least 4 members (excludes halogenated alkanes) is 1. The predicted molar refractivity (Wildman–Crippen MR) is 85.5 cm³/mol.